The summed E-state index contributed by atoms with van der Waals surface area (Å²) in [6.07, 6.45) is 3.64. The molecule has 12 aromatic carbocycles. The normalized spacial score (nSPS) is 13.4. The first-order valence-electron chi connectivity index (χ1n) is 25.4. The number of hydrogen-bond acceptors (Lipinski definition) is 4. The molecule has 0 aliphatic rings. The second-order valence-electron chi connectivity index (χ2n) is 19.2. The third kappa shape index (κ3) is 12.1. The predicted molar refractivity (Wildman–Crippen MR) is 315 cm³/mol. The van der Waals surface area contributed by atoms with Gasteiger partial charge in [-0.25, -0.2) is 0 Å². The van der Waals surface area contributed by atoms with Crippen molar-refractivity contribution in [2.24, 2.45) is 9.98 Å². The molecule has 0 aromatic heterocycles. The molecular weight excluding hydrogens is 1080 g/mol. The van der Waals surface area contributed by atoms with E-state index in [0.717, 1.165) is 98.7 Å². The van der Waals surface area contributed by atoms with Crippen molar-refractivity contribution < 1.29 is 52.5 Å². The largest absolute Gasteiger partial charge is 3.00 e. The first-order chi connectivity index (χ1) is 38.0. The Morgan fingerprint density at radius 2 is 0.600 bits per heavy atom. The van der Waals surface area contributed by atoms with Crippen molar-refractivity contribution in [3.63, 3.8) is 0 Å². The Balaban J connectivity index is 0.000000846. The maximum Gasteiger partial charge on any atom is 3.00 e. The van der Waals surface area contributed by atoms with Crippen LogP contribution in [0.25, 0.3) is 87.6 Å². The van der Waals surface area contributed by atoms with E-state index in [1.54, 1.807) is 0 Å². The van der Waals surface area contributed by atoms with Crippen molar-refractivity contribution in [3.05, 3.63) is 277 Å². The number of hydrogen-bond donors (Lipinski definition) is 2. The fourth-order valence-electron chi connectivity index (χ4n) is 10.5. The molecule has 2 atom stereocenters. The van der Waals surface area contributed by atoms with Crippen LogP contribution in [0.15, 0.2) is 265 Å². The summed E-state index contributed by atoms with van der Waals surface area (Å²) in [6.45, 7) is 0. The van der Waals surface area contributed by atoms with Crippen LogP contribution in [0.5, 0.6) is 11.5 Å². The minimum atomic E-state index is -10.7. The fourth-order valence-corrected chi connectivity index (χ4v) is 10.5. The molecule has 2 N–H and O–H groups in total. The Hall–Kier alpha value is -8.85. The molecule has 12 heteroatoms. The van der Waals surface area contributed by atoms with Crippen molar-refractivity contribution >= 4 is 63.3 Å². The standard InChI is InChI=1S/C68H48N2O2.F6P.Mn/c71-67-53(41-51-31-15-19-35-57(51)63(67)61-55-33-17-13-25-47(55)37-39-59(61)45-21-5-1-6-22-45)43-69-65(49-27-9-3-10-28-49)66(50-29-11-4-12-30-50)70-44-54-42-52-32-16-20-36-58(52)64(68(54)72)62-56-34-18-14-26-48(56)38-40-60(62)46-23-7-2-8-24-46;1-7(2,3,4,5)6;/h1-44,65-66,71-72H;;/q;-1;+3/t65-,66-;;/m1../s1. The van der Waals surface area contributed by atoms with Crippen LogP contribution in [0.3, 0.4) is 0 Å². The van der Waals surface area contributed by atoms with Crippen LogP contribution >= 0.6 is 7.81 Å². The van der Waals surface area contributed by atoms with Crippen molar-refractivity contribution in [1.29, 1.82) is 0 Å². The van der Waals surface area contributed by atoms with Gasteiger partial charge in [-0.05, 0) is 88.6 Å². The second-order valence-corrected chi connectivity index (χ2v) is 21.1. The summed E-state index contributed by atoms with van der Waals surface area (Å²) in [5.41, 5.74) is 10.7. The first kappa shape index (κ1) is 54.5. The Labute approximate surface area is 468 Å². The van der Waals surface area contributed by atoms with Gasteiger partial charge in [-0.3, -0.25) is 9.98 Å². The van der Waals surface area contributed by atoms with Crippen molar-refractivity contribution in [3.8, 4) is 56.0 Å². The van der Waals surface area contributed by atoms with Crippen LogP contribution in [0.1, 0.15) is 34.3 Å². The van der Waals surface area contributed by atoms with E-state index >= 15 is 0 Å². The number of aliphatic imine (C=N–C) groups is 2. The van der Waals surface area contributed by atoms with Gasteiger partial charge in [0, 0.05) is 45.8 Å². The Bertz CT molecular complexity index is 4010. The zero-order chi connectivity index (χ0) is 54.8. The summed E-state index contributed by atoms with van der Waals surface area (Å²) in [5, 5.41) is 33.7. The smallest absolute Gasteiger partial charge is 0.507 e. The average Bonchev–Trinajstić information content (AvgIpc) is 3.63. The predicted octanol–water partition coefficient (Wildman–Crippen LogP) is 20.8. The third-order valence-electron chi connectivity index (χ3n) is 14.0. The molecule has 0 saturated heterocycles. The van der Waals surface area contributed by atoms with Gasteiger partial charge in [0.05, 0.1) is 0 Å². The number of fused-ring (bicyclic) bond motifs is 4. The van der Waals surface area contributed by atoms with Gasteiger partial charge in [0.1, 0.15) is 23.6 Å². The third-order valence-corrected chi connectivity index (χ3v) is 14.0. The molecule has 0 fully saturated rings. The number of nitrogens with zero attached hydrogens (tertiary/aromatic N) is 2. The molecule has 0 bridgehead atoms. The maximum absolute atomic E-state index is 12.8. The number of benzene rings is 12. The van der Waals surface area contributed by atoms with Crippen LogP contribution in [-0.4, -0.2) is 22.6 Å². The van der Waals surface area contributed by atoms with Crippen molar-refractivity contribution in [1.82, 2.24) is 0 Å². The van der Waals surface area contributed by atoms with Crippen molar-refractivity contribution in [2.75, 3.05) is 0 Å². The van der Waals surface area contributed by atoms with E-state index in [2.05, 4.69) is 170 Å². The molecule has 0 saturated carbocycles. The number of phenols is 2. The van der Waals surface area contributed by atoms with Crippen LogP contribution in [0.4, 0.5) is 25.2 Å². The molecule has 80 heavy (non-hydrogen) atoms. The molecule has 0 radical (unpaired) electrons. The molecule has 0 spiro atoms. The summed E-state index contributed by atoms with van der Waals surface area (Å²) >= 11 is 0. The SMILES string of the molecule is F[P-](F)(F)(F)(F)F.Oc1c(C=N[C@H](c2ccccc2)[C@H](N=Cc2cc3ccccc3c(-c3c(-c4ccccc4)ccc4ccccc34)c2O)c2ccccc2)cc2ccccc2c1-c1c(-c2ccccc2)ccc2ccccc12.[Mn+3]. The van der Waals surface area contributed by atoms with Gasteiger partial charge in [0.2, 0.25) is 0 Å². The summed E-state index contributed by atoms with van der Waals surface area (Å²) in [5.74, 6) is 0.295. The molecule has 0 heterocycles. The van der Waals surface area contributed by atoms with Gasteiger partial charge in [-0.2, -0.15) is 0 Å². The summed E-state index contributed by atoms with van der Waals surface area (Å²) in [4.78, 5) is 10.9. The Morgan fingerprint density at radius 1 is 0.325 bits per heavy atom. The molecule has 394 valence electrons. The van der Waals surface area contributed by atoms with Gasteiger partial charge in [-0.15, -0.1) is 0 Å². The van der Waals surface area contributed by atoms with Gasteiger partial charge in [0.25, 0.3) is 0 Å². The van der Waals surface area contributed by atoms with Crippen molar-refractivity contribution in [2.45, 2.75) is 12.1 Å². The molecule has 12 rings (SSSR count). The minimum Gasteiger partial charge on any atom is -0.507 e. The summed E-state index contributed by atoms with van der Waals surface area (Å²) in [7, 11) is -10.7. The minimum absolute atomic E-state index is 0. The number of phenolic OH excluding ortho intramolecular Hbond substituents is 2. The number of halogens is 6. The van der Waals surface area contributed by atoms with E-state index in [1.165, 1.54) is 0 Å². The van der Waals surface area contributed by atoms with Gasteiger partial charge in [-0.1, -0.05) is 243 Å². The van der Waals surface area contributed by atoms with Crippen LogP contribution in [-0.2, 0) is 17.1 Å². The fraction of sp³-hybridized carbons (Fsp3) is 0.0294. The molecule has 0 aliphatic heterocycles. The molecule has 12 aromatic rings. The van der Waals surface area contributed by atoms with E-state index < -0.39 is 19.9 Å². The number of aromatic hydroxyl groups is 2. The first-order valence-corrected chi connectivity index (χ1v) is 27.4. The van der Waals surface area contributed by atoms with E-state index in [-0.39, 0.29) is 28.6 Å². The molecule has 0 unspecified atom stereocenters. The topological polar surface area (TPSA) is 65.2 Å². The maximum atomic E-state index is 12.8. The average molecular weight is 1130 g/mol. The summed E-state index contributed by atoms with van der Waals surface area (Å²) in [6, 6.07) is 86.1. The molecule has 0 amide bonds. The zero-order valence-electron chi connectivity index (χ0n) is 42.4. The quantitative estimate of drug-likeness (QED) is 0.0587. The van der Waals surface area contributed by atoms with Crippen LogP contribution in [0.2, 0.25) is 0 Å². The Kier molecular flexibility index (Phi) is 14.8. The van der Waals surface area contributed by atoms with Gasteiger partial charge < -0.3 is 10.2 Å². The summed E-state index contributed by atoms with van der Waals surface area (Å²) < 4.78 is 59.2. The monoisotopic (exact) mass is 1120 g/mol. The van der Waals surface area contributed by atoms with E-state index in [9.17, 15) is 35.4 Å². The van der Waals surface area contributed by atoms with Crippen LogP contribution < -0.4 is 0 Å². The molecular formula is C68H48F6MnN2O2P+2. The Morgan fingerprint density at radius 3 is 0.938 bits per heavy atom. The molecule has 0 aliphatic carbocycles. The second kappa shape index (κ2) is 21.8. The van der Waals surface area contributed by atoms with E-state index in [4.69, 9.17) is 9.98 Å². The molecule has 4 nitrogen and oxygen atoms in total. The van der Waals surface area contributed by atoms with E-state index in [1.807, 2.05) is 97.4 Å². The van der Waals surface area contributed by atoms with E-state index in [0.29, 0.717) is 11.1 Å². The number of rotatable bonds is 11. The zero-order valence-corrected chi connectivity index (χ0v) is 44.5. The van der Waals surface area contributed by atoms with Gasteiger partial charge >= 0.3 is 50.1 Å². The van der Waals surface area contributed by atoms with Gasteiger partial charge in [0.15, 0.2) is 0 Å². The van der Waals surface area contributed by atoms with Crippen LogP contribution in [0, 0.1) is 0 Å².